The Labute approximate surface area is 358 Å². The Kier molecular flexibility index (Phi) is 8.42. The molecule has 0 amide bonds. The van der Waals surface area contributed by atoms with Crippen LogP contribution in [0.4, 0.5) is 0 Å². The smallest absolute Gasteiger partial charge is 0.166 e. The highest BCUT2D eigenvalue weighted by Gasteiger charge is 2.23. The fraction of sp³-hybridized carbons (Fsp3) is 0. The Morgan fingerprint density at radius 3 is 1.24 bits per heavy atom. The third-order valence-corrected chi connectivity index (χ3v) is 12.0. The van der Waals surface area contributed by atoms with Gasteiger partial charge in [-0.05, 0) is 59.2 Å². The minimum Gasteiger partial charge on any atom is -0.309 e. The van der Waals surface area contributed by atoms with Crippen LogP contribution in [0.5, 0.6) is 0 Å². The van der Waals surface area contributed by atoms with Crippen molar-refractivity contribution >= 4 is 43.6 Å². The zero-order chi connectivity index (χ0) is 41.0. The molecule has 0 unspecified atom stereocenters. The van der Waals surface area contributed by atoms with Gasteiger partial charge in [-0.25, -0.2) is 15.0 Å². The van der Waals surface area contributed by atoms with Gasteiger partial charge in [0.25, 0.3) is 0 Å². The Hall–Kier alpha value is -8.41. The molecule has 0 saturated carbocycles. The summed E-state index contributed by atoms with van der Waals surface area (Å²) in [6, 6.07) is 79.4. The van der Waals surface area contributed by atoms with Crippen molar-refractivity contribution in [1.82, 2.24) is 24.1 Å². The van der Waals surface area contributed by atoms with E-state index in [1.807, 2.05) is 36.4 Å². The van der Waals surface area contributed by atoms with Crippen LogP contribution < -0.4 is 0 Å². The van der Waals surface area contributed by atoms with Gasteiger partial charge in [-0.15, -0.1) is 0 Å². The van der Waals surface area contributed by atoms with Crippen LogP contribution in [0.15, 0.2) is 224 Å². The number of hydrogen-bond acceptors (Lipinski definition) is 3. The molecule has 0 spiro atoms. The van der Waals surface area contributed by atoms with Gasteiger partial charge >= 0.3 is 0 Å². The van der Waals surface area contributed by atoms with E-state index in [9.17, 15) is 0 Å². The molecule has 0 aliphatic heterocycles. The average Bonchev–Trinajstić information content (AvgIpc) is 3.85. The quantitative estimate of drug-likeness (QED) is 0.162. The summed E-state index contributed by atoms with van der Waals surface area (Å²) in [5, 5.41) is 4.70. The Balaban J connectivity index is 1.13. The molecule has 62 heavy (non-hydrogen) atoms. The normalized spacial score (nSPS) is 11.5. The first-order valence-electron chi connectivity index (χ1n) is 21.0. The van der Waals surface area contributed by atoms with Crippen molar-refractivity contribution in [3.63, 3.8) is 0 Å². The maximum Gasteiger partial charge on any atom is 0.166 e. The molecular weight excluding hydrogens is 755 g/mol. The largest absolute Gasteiger partial charge is 0.309 e. The van der Waals surface area contributed by atoms with Gasteiger partial charge in [-0.1, -0.05) is 182 Å². The van der Waals surface area contributed by atoms with Crippen molar-refractivity contribution in [3.05, 3.63) is 224 Å². The molecule has 5 nitrogen and oxygen atoms in total. The molecule has 12 rings (SSSR count). The number of nitrogens with zero attached hydrogens (tertiary/aromatic N) is 5. The zero-order valence-corrected chi connectivity index (χ0v) is 33.6. The van der Waals surface area contributed by atoms with Gasteiger partial charge < -0.3 is 9.13 Å². The standard InChI is InChI=1S/C57H37N5/c1-5-19-38(20-6-1)42-33-34-43(39-21-7-2-8-22-39)52(35-42)62-50-31-17-14-28-45(50)48-36-53-47(37-54(48)62)44-27-13-16-30-49(44)61(53)51-32-18-15-29-46(51)57-59-55(40-23-9-3-10-24-40)58-56(60-57)41-25-11-4-12-26-41/h1-37H. The highest BCUT2D eigenvalue weighted by molar-refractivity contribution is 6.19. The van der Waals surface area contributed by atoms with Crippen LogP contribution in [-0.4, -0.2) is 24.1 Å². The lowest BCUT2D eigenvalue weighted by atomic mass is 9.98. The lowest BCUT2D eigenvalue weighted by Crippen LogP contribution is -2.03. The van der Waals surface area contributed by atoms with Gasteiger partial charge in [0.1, 0.15) is 0 Å². The second kappa shape index (κ2) is 14.7. The van der Waals surface area contributed by atoms with E-state index in [0.717, 1.165) is 55.5 Å². The Morgan fingerprint density at radius 1 is 0.242 bits per heavy atom. The van der Waals surface area contributed by atoms with Crippen LogP contribution >= 0.6 is 0 Å². The summed E-state index contributed by atoms with van der Waals surface area (Å²) in [7, 11) is 0. The van der Waals surface area contributed by atoms with Crippen LogP contribution in [0, 0.1) is 0 Å². The van der Waals surface area contributed by atoms with Gasteiger partial charge in [-0.3, -0.25) is 0 Å². The fourth-order valence-corrected chi connectivity index (χ4v) is 9.13. The number of para-hydroxylation sites is 3. The molecule has 0 atom stereocenters. The number of fused-ring (bicyclic) bond motifs is 6. The summed E-state index contributed by atoms with van der Waals surface area (Å²) in [4.78, 5) is 15.4. The van der Waals surface area contributed by atoms with E-state index in [1.54, 1.807) is 0 Å². The summed E-state index contributed by atoms with van der Waals surface area (Å²) in [6.07, 6.45) is 0. The van der Waals surface area contributed by atoms with Gasteiger partial charge in [0, 0.05) is 43.8 Å². The molecule has 0 N–H and O–H groups in total. The third kappa shape index (κ3) is 5.90. The van der Waals surface area contributed by atoms with Crippen molar-refractivity contribution in [3.8, 4) is 67.8 Å². The van der Waals surface area contributed by atoms with Gasteiger partial charge in [0.2, 0.25) is 0 Å². The second-order valence-corrected chi connectivity index (χ2v) is 15.6. The molecule has 0 aliphatic carbocycles. The van der Waals surface area contributed by atoms with E-state index in [4.69, 9.17) is 15.0 Å². The minimum absolute atomic E-state index is 0.614. The molecule has 290 valence electrons. The average molecular weight is 792 g/mol. The molecular formula is C57H37N5. The molecule has 0 bridgehead atoms. The molecule has 0 fully saturated rings. The van der Waals surface area contributed by atoms with Gasteiger partial charge in [0.05, 0.1) is 33.4 Å². The molecule has 3 heterocycles. The summed E-state index contributed by atoms with van der Waals surface area (Å²) in [5.41, 5.74) is 14.1. The molecule has 9 aromatic carbocycles. The topological polar surface area (TPSA) is 48.5 Å². The predicted octanol–water partition coefficient (Wildman–Crippen LogP) is 14.4. The van der Waals surface area contributed by atoms with Crippen LogP contribution in [0.2, 0.25) is 0 Å². The van der Waals surface area contributed by atoms with Gasteiger partial charge in [0.15, 0.2) is 17.5 Å². The number of rotatable bonds is 7. The number of hydrogen-bond donors (Lipinski definition) is 0. The van der Waals surface area contributed by atoms with Crippen LogP contribution in [0.25, 0.3) is 111 Å². The van der Waals surface area contributed by atoms with Crippen molar-refractivity contribution < 1.29 is 0 Å². The maximum absolute atomic E-state index is 5.18. The Bertz CT molecular complexity index is 3550. The van der Waals surface area contributed by atoms with Crippen molar-refractivity contribution in [2.75, 3.05) is 0 Å². The lowest BCUT2D eigenvalue weighted by molar-refractivity contribution is 1.06. The summed E-state index contributed by atoms with van der Waals surface area (Å²) in [5.74, 6) is 1.88. The van der Waals surface area contributed by atoms with Crippen molar-refractivity contribution in [2.24, 2.45) is 0 Å². The van der Waals surface area contributed by atoms with E-state index in [-0.39, 0.29) is 0 Å². The third-order valence-electron chi connectivity index (χ3n) is 12.0. The van der Waals surface area contributed by atoms with Crippen molar-refractivity contribution in [2.45, 2.75) is 0 Å². The molecule has 12 aromatic rings. The molecule has 3 aromatic heterocycles. The molecule has 0 saturated heterocycles. The Morgan fingerprint density at radius 2 is 0.677 bits per heavy atom. The molecule has 5 heteroatoms. The minimum atomic E-state index is 0.614. The summed E-state index contributed by atoms with van der Waals surface area (Å²) < 4.78 is 4.87. The predicted molar refractivity (Wildman–Crippen MR) is 256 cm³/mol. The first-order valence-corrected chi connectivity index (χ1v) is 21.0. The second-order valence-electron chi connectivity index (χ2n) is 15.6. The van der Waals surface area contributed by atoms with Crippen LogP contribution in [-0.2, 0) is 0 Å². The summed E-state index contributed by atoms with van der Waals surface area (Å²) >= 11 is 0. The lowest BCUT2D eigenvalue weighted by Gasteiger charge is -2.16. The summed E-state index contributed by atoms with van der Waals surface area (Å²) in [6.45, 7) is 0. The maximum atomic E-state index is 5.18. The zero-order valence-electron chi connectivity index (χ0n) is 33.6. The molecule has 0 radical (unpaired) electrons. The van der Waals surface area contributed by atoms with E-state index in [2.05, 4.69) is 197 Å². The number of aromatic nitrogens is 5. The van der Waals surface area contributed by atoms with Crippen molar-refractivity contribution in [1.29, 1.82) is 0 Å². The van der Waals surface area contributed by atoms with E-state index in [1.165, 1.54) is 38.4 Å². The van der Waals surface area contributed by atoms with Crippen LogP contribution in [0.3, 0.4) is 0 Å². The van der Waals surface area contributed by atoms with E-state index in [0.29, 0.717) is 17.5 Å². The molecule has 0 aliphatic rings. The van der Waals surface area contributed by atoms with E-state index < -0.39 is 0 Å². The first-order chi connectivity index (χ1) is 30.8. The highest BCUT2D eigenvalue weighted by Crippen LogP contribution is 2.43. The SMILES string of the molecule is c1ccc(-c2ccc(-c3ccccc3)c(-n3c4ccccc4c4cc5c(cc43)c3ccccc3n5-c3ccccc3-c3nc(-c4ccccc4)nc(-c4ccccc4)n3)c2)cc1. The van der Waals surface area contributed by atoms with Crippen LogP contribution in [0.1, 0.15) is 0 Å². The fourth-order valence-electron chi connectivity index (χ4n) is 9.13. The number of benzene rings is 9. The van der Waals surface area contributed by atoms with E-state index >= 15 is 0 Å². The highest BCUT2D eigenvalue weighted by atomic mass is 15.1. The van der Waals surface area contributed by atoms with Gasteiger partial charge in [-0.2, -0.15) is 0 Å². The first kappa shape index (κ1) is 35.5. The monoisotopic (exact) mass is 791 g/mol.